The average molecular weight is 498 g/mol. The summed E-state index contributed by atoms with van der Waals surface area (Å²) in [6.07, 6.45) is 1.45. The first kappa shape index (κ1) is 17.6. The summed E-state index contributed by atoms with van der Waals surface area (Å²) in [6, 6.07) is 15.2. The van der Waals surface area contributed by atoms with E-state index in [-0.39, 0.29) is 17.6 Å². The van der Waals surface area contributed by atoms with Crippen LogP contribution in [0.25, 0.3) is 0 Å². The Morgan fingerprint density at radius 1 is 1.04 bits per heavy atom. The maximum Gasteiger partial charge on any atom is 0.254 e. The van der Waals surface area contributed by atoms with Crippen molar-refractivity contribution in [3.63, 3.8) is 0 Å². The average Bonchev–Trinajstić information content (AvgIpc) is 2.63. The number of likely N-dealkylation sites (tertiary alicyclic amines) is 1. The molecule has 0 atom stereocenters. The molecule has 0 spiro atoms. The number of rotatable bonds is 3. The minimum Gasteiger partial charge on any atom is -0.339 e. The van der Waals surface area contributed by atoms with Gasteiger partial charge in [0.25, 0.3) is 5.91 Å². The van der Waals surface area contributed by atoms with Gasteiger partial charge in [0.05, 0.1) is 5.56 Å². The zero-order valence-electron chi connectivity index (χ0n) is 13.0. The zero-order chi connectivity index (χ0) is 17.1. The summed E-state index contributed by atoms with van der Waals surface area (Å²) in [5.74, 6) is 0.254. The van der Waals surface area contributed by atoms with Crippen LogP contribution in [0.5, 0.6) is 0 Å². The molecule has 0 saturated carbocycles. The molecule has 24 heavy (non-hydrogen) atoms. The monoisotopic (exact) mass is 497 g/mol. The second-order valence-corrected chi connectivity index (χ2v) is 8.00. The number of carbonyl (C=O) groups is 2. The molecule has 0 bridgehead atoms. The van der Waals surface area contributed by atoms with Gasteiger partial charge in [0.15, 0.2) is 5.78 Å². The van der Waals surface area contributed by atoms with E-state index in [1.807, 2.05) is 53.4 Å². The minimum absolute atomic E-state index is 0.0121. The Kier molecular flexibility index (Phi) is 5.71. The highest BCUT2D eigenvalue weighted by Gasteiger charge is 2.29. The second kappa shape index (κ2) is 7.78. The number of Topliss-reactive ketones (excluding diaryl/α,β-unsaturated/α-hetero) is 1. The van der Waals surface area contributed by atoms with E-state index < -0.39 is 0 Å². The molecular formula is C19H17BrINO2. The van der Waals surface area contributed by atoms with Gasteiger partial charge < -0.3 is 4.90 Å². The molecule has 0 radical (unpaired) electrons. The molecule has 0 N–H and O–H groups in total. The molecule has 1 saturated heterocycles. The Bertz CT molecular complexity index is 755. The molecule has 1 amide bonds. The highest BCUT2D eigenvalue weighted by atomic mass is 127. The summed E-state index contributed by atoms with van der Waals surface area (Å²) >= 11 is 5.61. The Morgan fingerprint density at radius 2 is 1.71 bits per heavy atom. The molecule has 0 unspecified atom stereocenters. The molecule has 3 nitrogen and oxygen atoms in total. The van der Waals surface area contributed by atoms with E-state index in [1.165, 1.54) is 0 Å². The van der Waals surface area contributed by atoms with Crippen LogP contribution in [0.3, 0.4) is 0 Å². The number of hydrogen-bond acceptors (Lipinski definition) is 2. The van der Waals surface area contributed by atoms with Gasteiger partial charge >= 0.3 is 0 Å². The molecule has 3 rings (SSSR count). The topological polar surface area (TPSA) is 37.4 Å². The Morgan fingerprint density at radius 3 is 2.38 bits per heavy atom. The number of hydrogen-bond donors (Lipinski definition) is 0. The summed E-state index contributed by atoms with van der Waals surface area (Å²) in [6.45, 7) is 1.26. The number of piperidine rings is 1. The van der Waals surface area contributed by atoms with Crippen LogP contribution in [0.1, 0.15) is 33.6 Å². The highest BCUT2D eigenvalue weighted by molar-refractivity contribution is 14.1. The maximum absolute atomic E-state index is 12.7. The van der Waals surface area contributed by atoms with Crippen LogP contribution < -0.4 is 0 Å². The first-order chi connectivity index (χ1) is 11.6. The smallest absolute Gasteiger partial charge is 0.254 e. The fraction of sp³-hybridized carbons (Fsp3) is 0.263. The van der Waals surface area contributed by atoms with Gasteiger partial charge in [0.1, 0.15) is 0 Å². The maximum atomic E-state index is 12.7. The Labute approximate surface area is 163 Å². The van der Waals surface area contributed by atoms with Crippen LogP contribution in [-0.4, -0.2) is 29.7 Å². The summed E-state index contributed by atoms with van der Waals surface area (Å²) in [4.78, 5) is 27.1. The normalized spacial score (nSPS) is 15.3. The van der Waals surface area contributed by atoms with Crippen molar-refractivity contribution in [1.29, 1.82) is 0 Å². The summed E-state index contributed by atoms with van der Waals surface area (Å²) in [5, 5.41) is 0. The van der Waals surface area contributed by atoms with Gasteiger partial charge in [0, 0.05) is 32.6 Å². The number of benzene rings is 2. The van der Waals surface area contributed by atoms with E-state index in [9.17, 15) is 9.59 Å². The quantitative estimate of drug-likeness (QED) is 0.451. The van der Waals surface area contributed by atoms with Crippen molar-refractivity contribution in [3.8, 4) is 0 Å². The predicted molar refractivity (Wildman–Crippen MR) is 106 cm³/mol. The Balaban J connectivity index is 1.66. The molecule has 2 aromatic rings. The first-order valence-electron chi connectivity index (χ1n) is 7.90. The van der Waals surface area contributed by atoms with Gasteiger partial charge in [-0.1, -0.05) is 46.3 Å². The van der Waals surface area contributed by atoms with E-state index in [0.717, 1.165) is 32.0 Å². The molecule has 0 aromatic heterocycles. The number of amides is 1. The van der Waals surface area contributed by atoms with Gasteiger partial charge in [-0.25, -0.2) is 0 Å². The lowest BCUT2D eigenvalue weighted by Crippen LogP contribution is -2.40. The van der Waals surface area contributed by atoms with E-state index in [4.69, 9.17) is 0 Å². The first-order valence-corrected chi connectivity index (χ1v) is 9.77. The zero-order valence-corrected chi connectivity index (χ0v) is 16.8. The van der Waals surface area contributed by atoms with Gasteiger partial charge in [-0.3, -0.25) is 9.59 Å². The summed E-state index contributed by atoms with van der Waals surface area (Å²) in [5.41, 5.74) is 1.49. The van der Waals surface area contributed by atoms with Crippen molar-refractivity contribution < 1.29 is 9.59 Å². The number of nitrogens with zero attached hydrogens (tertiary/aromatic N) is 1. The van der Waals surface area contributed by atoms with E-state index in [1.54, 1.807) is 0 Å². The van der Waals surface area contributed by atoms with Crippen LogP contribution in [0.4, 0.5) is 0 Å². The fourth-order valence-electron chi connectivity index (χ4n) is 3.01. The van der Waals surface area contributed by atoms with Crippen LogP contribution in [-0.2, 0) is 0 Å². The lowest BCUT2D eigenvalue weighted by Gasteiger charge is -2.31. The van der Waals surface area contributed by atoms with Crippen molar-refractivity contribution >= 4 is 50.2 Å². The van der Waals surface area contributed by atoms with E-state index >= 15 is 0 Å². The van der Waals surface area contributed by atoms with Crippen molar-refractivity contribution in [3.05, 3.63) is 67.7 Å². The van der Waals surface area contributed by atoms with Crippen molar-refractivity contribution in [2.24, 2.45) is 5.92 Å². The predicted octanol–water partition coefficient (Wildman–Crippen LogP) is 4.79. The minimum atomic E-state index is 0.0121. The molecular weight excluding hydrogens is 481 g/mol. The lowest BCUT2D eigenvalue weighted by atomic mass is 9.88. The standard InChI is InChI=1S/C19H17BrINO2/c20-15-6-7-17(21)16(12-15)19(24)22-10-8-14(9-11-22)18(23)13-4-2-1-3-5-13/h1-7,12,14H,8-11H2. The molecule has 124 valence electrons. The van der Waals surface area contributed by atoms with Crippen LogP contribution in [0, 0.1) is 9.49 Å². The third-order valence-corrected chi connectivity index (χ3v) is 5.80. The Hall–Kier alpha value is -1.21. The molecule has 2 aromatic carbocycles. The van der Waals surface area contributed by atoms with Gasteiger partial charge in [-0.2, -0.15) is 0 Å². The summed E-state index contributed by atoms with van der Waals surface area (Å²) in [7, 11) is 0. The van der Waals surface area contributed by atoms with E-state index in [2.05, 4.69) is 38.5 Å². The van der Waals surface area contributed by atoms with Crippen molar-refractivity contribution in [1.82, 2.24) is 4.90 Å². The third kappa shape index (κ3) is 3.88. The van der Waals surface area contributed by atoms with Gasteiger partial charge in [-0.05, 0) is 53.6 Å². The number of halogens is 2. The van der Waals surface area contributed by atoms with Crippen LogP contribution in [0.15, 0.2) is 53.0 Å². The van der Waals surface area contributed by atoms with Crippen LogP contribution in [0.2, 0.25) is 0 Å². The molecule has 1 aliphatic heterocycles. The molecule has 1 fully saturated rings. The molecule has 5 heteroatoms. The summed E-state index contributed by atoms with van der Waals surface area (Å²) < 4.78 is 1.85. The fourth-order valence-corrected chi connectivity index (χ4v) is 3.94. The van der Waals surface area contributed by atoms with Gasteiger partial charge in [-0.15, -0.1) is 0 Å². The lowest BCUT2D eigenvalue weighted by molar-refractivity contribution is 0.0649. The second-order valence-electron chi connectivity index (χ2n) is 5.92. The van der Waals surface area contributed by atoms with Crippen molar-refractivity contribution in [2.75, 3.05) is 13.1 Å². The number of carbonyl (C=O) groups excluding carboxylic acids is 2. The highest BCUT2D eigenvalue weighted by Crippen LogP contribution is 2.25. The van der Waals surface area contributed by atoms with E-state index in [0.29, 0.717) is 13.1 Å². The number of ketones is 1. The van der Waals surface area contributed by atoms with Gasteiger partial charge in [0.2, 0.25) is 0 Å². The van der Waals surface area contributed by atoms with Crippen LogP contribution >= 0.6 is 38.5 Å². The third-order valence-electron chi connectivity index (χ3n) is 4.37. The molecule has 0 aliphatic carbocycles. The molecule has 1 heterocycles. The molecule has 1 aliphatic rings. The van der Waals surface area contributed by atoms with Crippen molar-refractivity contribution in [2.45, 2.75) is 12.8 Å². The SMILES string of the molecule is O=C(c1ccccc1)C1CCN(C(=O)c2cc(Br)ccc2I)CC1. The largest absolute Gasteiger partial charge is 0.339 e.